The zero-order chi connectivity index (χ0) is 25.5. The van der Waals surface area contributed by atoms with Gasteiger partial charge in [0.2, 0.25) is 0 Å². The molecule has 4 nitrogen and oxygen atoms in total. The molecule has 0 N–H and O–H groups in total. The second-order valence-electron chi connectivity index (χ2n) is 9.00. The number of nitrogens with zero attached hydrogens (tertiary/aromatic N) is 2. The van der Waals surface area contributed by atoms with Crippen molar-refractivity contribution >= 4 is 33.4 Å². The van der Waals surface area contributed by atoms with Gasteiger partial charge in [0, 0.05) is 40.2 Å². The van der Waals surface area contributed by atoms with Gasteiger partial charge in [-0.05, 0) is 71.0 Å². The van der Waals surface area contributed by atoms with Gasteiger partial charge >= 0.3 is 0 Å². The fourth-order valence-corrected chi connectivity index (χ4v) is 5.34. The molecule has 2 heterocycles. The molecule has 178 valence electrons. The average molecular weight is 481 g/mol. The molecule has 1 aromatic heterocycles. The topological polar surface area (TPSA) is 50.3 Å². The largest absolute Gasteiger partial charge is 0.268 e. The zero-order valence-corrected chi connectivity index (χ0v) is 20.6. The fourth-order valence-electron chi connectivity index (χ4n) is 5.34. The number of hydrogen-bond donors (Lipinski definition) is 0. The van der Waals surface area contributed by atoms with Gasteiger partial charge in [-0.1, -0.05) is 72.8 Å². The van der Waals surface area contributed by atoms with Gasteiger partial charge in [0.05, 0.1) is 0 Å². The summed E-state index contributed by atoms with van der Waals surface area (Å²) in [6.07, 6.45) is 9.04. The van der Waals surface area contributed by atoms with E-state index in [1.807, 2.05) is 74.7 Å². The van der Waals surface area contributed by atoms with Crippen molar-refractivity contribution in [3.8, 4) is 22.3 Å². The first kappa shape index (κ1) is 22.6. The van der Waals surface area contributed by atoms with Crippen LogP contribution in [0.3, 0.4) is 0 Å². The molecule has 6 rings (SSSR count). The minimum Gasteiger partial charge on any atom is -0.268 e. The highest BCUT2D eigenvalue weighted by molar-refractivity contribution is 6.28. The molecule has 0 fully saturated rings. The quantitative estimate of drug-likeness (QED) is 0.195. The number of carbonyl (C=O) groups is 2. The minimum absolute atomic E-state index is 0.303. The van der Waals surface area contributed by atoms with Crippen LogP contribution in [0, 0.1) is 0 Å². The van der Waals surface area contributed by atoms with Crippen LogP contribution in [0.25, 0.3) is 43.8 Å². The van der Waals surface area contributed by atoms with Crippen LogP contribution in [-0.4, -0.2) is 21.7 Å². The molecule has 0 aliphatic carbocycles. The number of pyridine rings is 1. The van der Waals surface area contributed by atoms with Crippen molar-refractivity contribution < 1.29 is 9.59 Å². The smallest absolute Gasteiger partial charge is 0.265 e. The number of imide groups is 1. The molecule has 2 amide bonds. The van der Waals surface area contributed by atoms with Gasteiger partial charge in [-0.3, -0.25) is 14.6 Å². The highest BCUT2D eigenvalue weighted by atomic mass is 16.2. The molecule has 0 spiro atoms. The molecule has 0 radical (unpaired) electrons. The Labute approximate surface area is 215 Å². The third-order valence-electron chi connectivity index (χ3n) is 6.99. The fraction of sp³-hybridized carbons (Fsp3) is 0.0606. The molecule has 0 unspecified atom stereocenters. The van der Waals surface area contributed by atoms with Crippen LogP contribution in [-0.2, 0) is 0 Å². The summed E-state index contributed by atoms with van der Waals surface area (Å²) in [4.78, 5) is 32.7. The van der Waals surface area contributed by atoms with Crippen molar-refractivity contribution in [2.45, 2.75) is 13.8 Å². The van der Waals surface area contributed by atoms with Crippen LogP contribution in [0.4, 0.5) is 0 Å². The molecular formula is C33H24N2O2. The molecular weight excluding hydrogens is 456 g/mol. The Morgan fingerprint density at radius 1 is 0.676 bits per heavy atom. The number of amides is 2. The standard InChI is InChI=1S/C33H24N2O2/c1-3-9-22(4-2)35-32(36)29-14-7-13-28-27(17-18-30(31(28)29)33(35)37)26-16-15-23(21-10-8-19-34-20-21)24-11-5-6-12-25(24)26/h3-20H,1-2H3/b9-3-,22-4+. The second kappa shape index (κ2) is 8.99. The van der Waals surface area contributed by atoms with Crippen LogP contribution in [0.2, 0.25) is 0 Å². The molecule has 4 heteroatoms. The molecule has 0 saturated heterocycles. The van der Waals surface area contributed by atoms with E-state index in [2.05, 4.69) is 35.3 Å². The van der Waals surface area contributed by atoms with E-state index in [-0.39, 0.29) is 11.8 Å². The van der Waals surface area contributed by atoms with Crippen LogP contribution < -0.4 is 0 Å². The normalized spacial score (nSPS) is 13.8. The number of aromatic nitrogens is 1. The first-order valence-corrected chi connectivity index (χ1v) is 12.3. The van der Waals surface area contributed by atoms with Gasteiger partial charge in [-0.25, -0.2) is 4.90 Å². The van der Waals surface area contributed by atoms with E-state index in [1.165, 1.54) is 4.90 Å². The number of fused-ring (bicyclic) bond motifs is 1. The van der Waals surface area contributed by atoms with Gasteiger partial charge in [0.1, 0.15) is 0 Å². The first-order valence-electron chi connectivity index (χ1n) is 12.3. The van der Waals surface area contributed by atoms with E-state index >= 15 is 0 Å². The Bertz CT molecular complexity index is 1760. The Kier molecular flexibility index (Phi) is 5.50. The van der Waals surface area contributed by atoms with E-state index in [0.717, 1.165) is 38.4 Å². The van der Waals surface area contributed by atoms with Crippen molar-refractivity contribution in [2.75, 3.05) is 0 Å². The highest BCUT2D eigenvalue weighted by Gasteiger charge is 2.34. The van der Waals surface area contributed by atoms with E-state index in [4.69, 9.17) is 0 Å². The zero-order valence-electron chi connectivity index (χ0n) is 20.6. The highest BCUT2D eigenvalue weighted by Crippen LogP contribution is 2.41. The predicted octanol–water partition coefficient (Wildman–Crippen LogP) is 7.80. The van der Waals surface area contributed by atoms with Crippen LogP contribution in [0.15, 0.2) is 115 Å². The lowest BCUT2D eigenvalue weighted by Crippen LogP contribution is -2.39. The molecule has 0 bridgehead atoms. The SMILES string of the molecule is C/C=C\C(=C/C)N1C(=O)c2cccc3c(-c4ccc(-c5cccnc5)c5ccccc45)ccc(c23)C1=O. The second-order valence-corrected chi connectivity index (χ2v) is 9.00. The summed E-state index contributed by atoms with van der Waals surface area (Å²) in [6.45, 7) is 3.70. The van der Waals surface area contributed by atoms with Gasteiger partial charge in [-0.15, -0.1) is 0 Å². The van der Waals surface area contributed by atoms with Crippen molar-refractivity contribution in [1.82, 2.24) is 9.88 Å². The summed E-state index contributed by atoms with van der Waals surface area (Å²) in [5.41, 5.74) is 5.85. The van der Waals surface area contributed by atoms with Crippen molar-refractivity contribution in [2.24, 2.45) is 0 Å². The monoisotopic (exact) mass is 480 g/mol. The predicted molar refractivity (Wildman–Crippen MR) is 149 cm³/mol. The van der Waals surface area contributed by atoms with Crippen LogP contribution >= 0.6 is 0 Å². The Morgan fingerprint density at radius 3 is 1.97 bits per heavy atom. The van der Waals surface area contributed by atoms with E-state index in [9.17, 15) is 9.59 Å². The molecule has 0 atom stereocenters. The maximum absolute atomic E-state index is 13.6. The van der Waals surface area contributed by atoms with Crippen LogP contribution in [0.5, 0.6) is 0 Å². The molecule has 1 aliphatic heterocycles. The maximum atomic E-state index is 13.6. The number of rotatable bonds is 4. The molecule has 0 saturated carbocycles. The van der Waals surface area contributed by atoms with Crippen molar-refractivity contribution in [3.05, 3.63) is 126 Å². The lowest BCUT2D eigenvalue weighted by Gasteiger charge is -2.28. The van der Waals surface area contributed by atoms with Gasteiger partial charge in [-0.2, -0.15) is 0 Å². The van der Waals surface area contributed by atoms with Crippen molar-refractivity contribution in [3.63, 3.8) is 0 Å². The molecule has 4 aromatic carbocycles. The van der Waals surface area contributed by atoms with E-state index in [0.29, 0.717) is 22.2 Å². The van der Waals surface area contributed by atoms with Crippen LogP contribution in [0.1, 0.15) is 34.6 Å². The molecule has 1 aliphatic rings. The van der Waals surface area contributed by atoms with Gasteiger partial charge in [0.15, 0.2) is 0 Å². The Hall–Kier alpha value is -4.83. The summed E-state index contributed by atoms with van der Waals surface area (Å²) in [5.74, 6) is -0.605. The average Bonchev–Trinajstić information content (AvgIpc) is 2.95. The Balaban J connectivity index is 1.59. The van der Waals surface area contributed by atoms with E-state index < -0.39 is 0 Å². The number of carbonyl (C=O) groups excluding carboxylic acids is 2. The lowest BCUT2D eigenvalue weighted by atomic mass is 9.86. The van der Waals surface area contributed by atoms with Gasteiger partial charge < -0.3 is 0 Å². The summed E-state index contributed by atoms with van der Waals surface area (Å²) in [5, 5.41) is 3.83. The first-order chi connectivity index (χ1) is 18.1. The summed E-state index contributed by atoms with van der Waals surface area (Å²) >= 11 is 0. The summed E-state index contributed by atoms with van der Waals surface area (Å²) < 4.78 is 0. The number of allylic oxidation sites excluding steroid dienone is 3. The van der Waals surface area contributed by atoms with Gasteiger partial charge in [0.25, 0.3) is 11.8 Å². The van der Waals surface area contributed by atoms with E-state index in [1.54, 1.807) is 18.3 Å². The third kappa shape index (κ3) is 3.49. The summed E-state index contributed by atoms with van der Waals surface area (Å²) in [6, 6.07) is 26.1. The Morgan fingerprint density at radius 2 is 1.30 bits per heavy atom. The lowest BCUT2D eigenvalue weighted by molar-refractivity contribution is 0.0667. The number of hydrogen-bond acceptors (Lipinski definition) is 3. The minimum atomic E-state index is -0.303. The summed E-state index contributed by atoms with van der Waals surface area (Å²) in [7, 11) is 0. The third-order valence-corrected chi connectivity index (χ3v) is 6.99. The number of benzene rings is 4. The van der Waals surface area contributed by atoms with Crippen molar-refractivity contribution in [1.29, 1.82) is 0 Å². The molecule has 5 aromatic rings. The molecule has 37 heavy (non-hydrogen) atoms. The maximum Gasteiger partial charge on any atom is 0.265 e.